The van der Waals surface area contributed by atoms with Gasteiger partial charge in [-0.15, -0.1) is 0 Å². The number of hydrogen-bond donors (Lipinski definition) is 0. The van der Waals surface area contributed by atoms with Crippen molar-refractivity contribution in [2.45, 2.75) is 107 Å². The highest BCUT2D eigenvalue weighted by molar-refractivity contribution is 5.90. The molecule has 0 unspecified atom stereocenters. The molecule has 0 fully saturated rings. The first-order chi connectivity index (χ1) is 19.5. The molecular formula is C36H52O5. The number of allylic oxidation sites excluding steroid dienone is 10. The highest BCUT2D eigenvalue weighted by atomic mass is 16.6. The zero-order chi connectivity index (χ0) is 30.6. The Kier molecular flexibility index (Phi) is 17.9. The van der Waals surface area contributed by atoms with E-state index in [-0.39, 0.29) is 24.7 Å². The summed E-state index contributed by atoms with van der Waals surface area (Å²) in [7, 11) is 0. The predicted octanol–water partition coefficient (Wildman–Crippen LogP) is 10.4. The Hall–Kier alpha value is -3.34. The molecule has 0 aromatic carbocycles. The van der Waals surface area contributed by atoms with Gasteiger partial charge in [-0.05, 0) is 131 Å². The molecule has 1 aromatic heterocycles. The molecule has 5 heteroatoms. The van der Waals surface area contributed by atoms with Crippen LogP contribution in [0.15, 0.2) is 86.4 Å². The van der Waals surface area contributed by atoms with Crippen molar-refractivity contribution in [2.75, 3.05) is 13.2 Å². The molecule has 41 heavy (non-hydrogen) atoms. The Morgan fingerprint density at radius 2 is 0.854 bits per heavy atom. The number of hydrogen-bond acceptors (Lipinski definition) is 5. The SMILES string of the molecule is CC(C)=CCCC(C)=CCCC(C)=CCOC(=O)c1ccc(C(=O)OCC=C(C)CCC=C(C)CCC=C(C)C)o1. The van der Waals surface area contributed by atoms with Gasteiger partial charge in [-0.1, -0.05) is 57.7 Å². The number of esters is 2. The highest BCUT2D eigenvalue weighted by Gasteiger charge is 2.17. The van der Waals surface area contributed by atoms with E-state index in [0.717, 1.165) is 62.5 Å². The van der Waals surface area contributed by atoms with Crippen LogP contribution in [-0.4, -0.2) is 25.2 Å². The minimum absolute atomic E-state index is 0.0172. The average Bonchev–Trinajstić information content (AvgIpc) is 3.39. The second-order valence-corrected chi connectivity index (χ2v) is 11.3. The Balaban J connectivity index is 2.38. The van der Waals surface area contributed by atoms with Gasteiger partial charge in [0.2, 0.25) is 11.5 Å². The summed E-state index contributed by atoms with van der Waals surface area (Å²) < 4.78 is 16.0. The van der Waals surface area contributed by atoms with Gasteiger partial charge in [-0.2, -0.15) is 0 Å². The smallest absolute Gasteiger partial charge is 0.374 e. The maximum absolute atomic E-state index is 12.3. The third-order valence-corrected chi connectivity index (χ3v) is 6.55. The van der Waals surface area contributed by atoms with Crippen molar-refractivity contribution in [1.82, 2.24) is 0 Å². The van der Waals surface area contributed by atoms with E-state index in [1.807, 2.05) is 26.0 Å². The summed E-state index contributed by atoms with van der Waals surface area (Å²) >= 11 is 0. The fraction of sp³-hybridized carbons (Fsp3) is 0.500. The van der Waals surface area contributed by atoms with Crippen LogP contribution in [0.5, 0.6) is 0 Å². The van der Waals surface area contributed by atoms with E-state index < -0.39 is 11.9 Å². The lowest BCUT2D eigenvalue weighted by Gasteiger charge is -2.03. The van der Waals surface area contributed by atoms with E-state index in [9.17, 15) is 9.59 Å². The molecule has 226 valence electrons. The summed E-state index contributed by atoms with van der Waals surface area (Å²) in [5.41, 5.74) is 7.80. The van der Waals surface area contributed by atoms with Gasteiger partial charge in [-0.25, -0.2) is 9.59 Å². The molecule has 0 saturated carbocycles. The van der Waals surface area contributed by atoms with E-state index in [1.165, 1.54) is 34.4 Å². The largest absolute Gasteiger partial charge is 0.456 e. The third-order valence-electron chi connectivity index (χ3n) is 6.55. The van der Waals surface area contributed by atoms with E-state index in [0.29, 0.717) is 0 Å². The normalized spacial score (nSPS) is 12.7. The molecule has 5 nitrogen and oxygen atoms in total. The van der Waals surface area contributed by atoms with Gasteiger partial charge in [-0.3, -0.25) is 0 Å². The molecule has 0 atom stereocenters. The fourth-order valence-electron chi connectivity index (χ4n) is 3.90. The topological polar surface area (TPSA) is 65.7 Å². The van der Waals surface area contributed by atoms with Crippen molar-refractivity contribution in [3.05, 3.63) is 93.5 Å². The monoisotopic (exact) mass is 564 g/mol. The van der Waals surface area contributed by atoms with Crippen LogP contribution < -0.4 is 0 Å². The maximum Gasteiger partial charge on any atom is 0.374 e. The first-order valence-corrected chi connectivity index (χ1v) is 14.8. The second kappa shape index (κ2) is 20.5. The van der Waals surface area contributed by atoms with Crippen molar-refractivity contribution >= 4 is 11.9 Å². The van der Waals surface area contributed by atoms with Crippen molar-refractivity contribution in [2.24, 2.45) is 0 Å². The third kappa shape index (κ3) is 17.9. The Labute approximate surface area is 248 Å². The molecule has 0 aliphatic rings. The number of ether oxygens (including phenoxy) is 2. The zero-order valence-electron chi connectivity index (χ0n) is 26.7. The van der Waals surface area contributed by atoms with Crippen LogP contribution in [0.3, 0.4) is 0 Å². The maximum atomic E-state index is 12.3. The molecule has 0 saturated heterocycles. The van der Waals surface area contributed by atoms with Gasteiger partial charge in [0.25, 0.3) is 0 Å². The van der Waals surface area contributed by atoms with Crippen molar-refractivity contribution in [1.29, 1.82) is 0 Å². The summed E-state index contributed by atoms with van der Waals surface area (Å²) in [6.07, 6.45) is 20.9. The van der Waals surface area contributed by atoms with E-state index >= 15 is 0 Å². The van der Waals surface area contributed by atoms with Gasteiger partial charge in [0.05, 0.1) is 0 Å². The van der Waals surface area contributed by atoms with Crippen LogP contribution in [0.4, 0.5) is 0 Å². The second-order valence-electron chi connectivity index (χ2n) is 11.3. The van der Waals surface area contributed by atoms with Crippen LogP contribution in [0.1, 0.15) is 128 Å². The lowest BCUT2D eigenvalue weighted by atomic mass is 10.1. The Morgan fingerprint density at radius 3 is 1.20 bits per heavy atom. The van der Waals surface area contributed by atoms with Crippen molar-refractivity contribution in [3.8, 4) is 0 Å². The van der Waals surface area contributed by atoms with Gasteiger partial charge < -0.3 is 13.9 Å². The van der Waals surface area contributed by atoms with Crippen LogP contribution in [0.2, 0.25) is 0 Å². The zero-order valence-corrected chi connectivity index (χ0v) is 26.7. The fourth-order valence-corrected chi connectivity index (χ4v) is 3.90. The quantitative estimate of drug-likeness (QED) is 0.131. The Bertz CT molecular complexity index is 1050. The summed E-state index contributed by atoms with van der Waals surface area (Å²) in [6, 6.07) is 2.87. The van der Waals surface area contributed by atoms with E-state index in [4.69, 9.17) is 13.9 Å². The summed E-state index contributed by atoms with van der Waals surface area (Å²) in [5, 5.41) is 0. The van der Waals surface area contributed by atoms with Crippen LogP contribution >= 0.6 is 0 Å². The van der Waals surface area contributed by atoms with Gasteiger partial charge in [0.1, 0.15) is 13.2 Å². The lowest BCUT2D eigenvalue weighted by molar-refractivity contribution is 0.0478. The summed E-state index contributed by atoms with van der Waals surface area (Å²) in [5.74, 6) is -1.25. The summed E-state index contributed by atoms with van der Waals surface area (Å²) in [6.45, 7) is 17.2. The van der Waals surface area contributed by atoms with Gasteiger partial charge in [0, 0.05) is 0 Å². The van der Waals surface area contributed by atoms with Crippen LogP contribution in [0.25, 0.3) is 0 Å². The molecule has 0 bridgehead atoms. The Morgan fingerprint density at radius 1 is 0.537 bits per heavy atom. The molecule has 1 heterocycles. The standard InChI is InChI=1S/C36H52O5/c1-27(2)13-9-15-29(5)17-11-19-31(7)23-25-39-35(37)33-21-22-34(41-33)36(38)40-26-24-32(8)20-12-18-30(6)16-10-14-28(3)4/h13-14,17-18,21-24H,9-12,15-16,19-20,25-26H2,1-8H3. The average molecular weight is 565 g/mol. The predicted molar refractivity (Wildman–Crippen MR) is 170 cm³/mol. The van der Waals surface area contributed by atoms with E-state index in [2.05, 4.69) is 65.8 Å². The highest BCUT2D eigenvalue weighted by Crippen LogP contribution is 2.14. The number of carbonyl (C=O) groups is 2. The minimum Gasteiger partial charge on any atom is -0.456 e. The molecule has 0 aliphatic carbocycles. The molecule has 0 aliphatic heterocycles. The first-order valence-electron chi connectivity index (χ1n) is 14.8. The lowest BCUT2D eigenvalue weighted by Crippen LogP contribution is -2.06. The number of rotatable bonds is 18. The van der Waals surface area contributed by atoms with Crippen LogP contribution in [-0.2, 0) is 9.47 Å². The van der Waals surface area contributed by atoms with Crippen molar-refractivity contribution < 1.29 is 23.5 Å². The molecule has 1 rings (SSSR count). The molecule has 0 spiro atoms. The number of carbonyl (C=O) groups excluding carboxylic acids is 2. The molecule has 0 amide bonds. The van der Waals surface area contributed by atoms with Crippen LogP contribution in [0, 0.1) is 0 Å². The van der Waals surface area contributed by atoms with Gasteiger partial charge >= 0.3 is 11.9 Å². The molecule has 1 aromatic rings. The minimum atomic E-state index is -0.608. The van der Waals surface area contributed by atoms with Crippen molar-refractivity contribution in [3.63, 3.8) is 0 Å². The molecule has 0 N–H and O–H groups in total. The molecular weight excluding hydrogens is 512 g/mol. The molecule has 0 radical (unpaired) electrons. The number of furan rings is 1. The first kappa shape index (κ1) is 35.7. The summed E-state index contributed by atoms with van der Waals surface area (Å²) in [4.78, 5) is 24.6. The van der Waals surface area contributed by atoms with E-state index in [1.54, 1.807) is 0 Å². The van der Waals surface area contributed by atoms with Gasteiger partial charge in [0.15, 0.2) is 0 Å².